The number of quaternary nitrogens is 1. The van der Waals surface area contributed by atoms with Gasteiger partial charge in [0, 0.05) is 37.4 Å². The third-order valence-electron chi connectivity index (χ3n) is 11.0. The molecule has 2 N–H and O–H groups in total. The average molecular weight is 440 g/mol. The first-order valence-corrected chi connectivity index (χ1v) is 13.6. The van der Waals surface area contributed by atoms with Crippen LogP contribution in [0.15, 0.2) is 24.3 Å². The highest BCUT2D eigenvalue weighted by molar-refractivity contribution is 5.66. The molecule has 5 fully saturated rings. The Labute approximate surface area is 194 Å². The molecule has 1 saturated carbocycles. The molecule has 7 rings (SSSR count). The molecule has 0 amide bonds. The Balaban J connectivity index is 1.41. The maximum absolute atomic E-state index is 12.1. The van der Waals surface area contributed by atoms with E-state index in [1.54, 1.807) is 0 Å². The van der Waals surface area contributed by atoms with E-state index >= 15 is 0 Å². The van der Waals surface area contributed by atoms with Crippen LogP contribution in [0.2, 0.25) is 0 Å². The second kappa shape index (κ2) is 7.45. The van der Waals surface area contributed by atoms with Crippen molar-refractivity contribution in [3.8, 4) is 0 Å². The molecule has 0 radical (unpaired) electrons. The third kappa shape index (κ3) is 2.35. The van der Waals surface area contributed by atoms with Crippen LogP contribution in [0.5, 0.6) is 0 Å². The van der Waals surface area contributed by atoms with Crippen LogP contribution in [0, 0.1) is 17.8 Å². The van der Waals surface area contributed by atoms with Crippen molar-refractivity contribution in [3.05, 3.63) is 29.8 Å². The van der Waals surface area contributed by atoms with E-state index in [1.165, 1.54) is 56.2 Å². The van der Waals surface area contributed by atoms with E-state index in [0.717, 1.165) is 23.9 Å². The molecule has 1 aromatic rings. The van der Waals surface area contributed by atoms with Gasteiger partial charge in [0.05, 0.1) is 30.1 Å². The van der Waals surface area contributed by atoms with Gasteiger partial charge in [0.2, 0.25) is 0 Å². The van der Waals surface area contributed by atoms with Gasteiger partial charge in [-0.3, -0.25) is 4.48 Å². The second-order valence-corrected chi connectivity index (χ2v) is 11.8. The molecule has 0 unspecified atom stereocenters. The summed E-state index contributed by atoms with van der Waals surface area (Å²) < 4.78 is 0.898. The zero-order valence-electron chi connectivity index (χ0n) is 20.3. The Morgan fingerprint density at radius 3 is 2.56 bits per heavy atom. The number of likely N-dealkylation sites (N-methyl/N-ethyl adjacent to an activating group) is 1. The molecule has 6 aliphatic rings. The van der Waals surface area contributed by atoms with Crippen LogP contribution in [0.4, 0.5) is 5.69 Å². The fourth-order valence-electron chi connectivity index (χ4n) is 10.0. The zero-order valence-corrected chi connectivity index (χ0v) is 20.3. The van der Waals surface area contributed by atoms with Gasteiger partial charge in [0.25, 0.3) is 0 Å². The van der Waals surface area contributed by atoms with Crippen molar-refractivity contribution in [3.63, 3.8) is 0 Å². The van der Waals surface area contributed by atoms with E-state index in [0.29, 0.717) is 35.9 Å². The molecule has 5 aliphatic heterocycles. The van der Waals surface area contributed by atoms with Crippen molar-refractivity contribution in [1.29, 1.82) is 0 Å². The lowest BCUT2D eigenvalue weighted by molar-refractivity contribution is -1.04. The van der Waals surface area contributed by atoms with Crippen LogP contribution in [-0.4, -0.2) is 58.7 Å². The summed E-state index contributed by atoms with van der Waals surface area (Å²) in [5.74, 6) is 1.18. The minimum atomic E-state index is -0.273. The van der Waals surface area contributed by atoms with E-state index in [9.17, 15) is 10.2 Å². The van der Waals surface area contributed by atoms with Crippen molar-refractivity contribution in [2.45, 2.75) is 108 Å². The highest BCUT2D eigenvalue weighted by atomic mass is 16.3. The Kier molecular flexibility index (Phi) is 4.99. The van der Waals surface area contributed by atoms with Gasteiger partial charge in [-0.2, -0.15) is 0 Å². The molecule has 0 aromatic heterocycles. The lowest BCUT2D eigenvalue weighted by atomic mass is 9.60. The number of rotatable bonds is 8. The number of anilines is 1. The van der Waals surface area contributed by atoms with Crippen LogP contribution in [0.1, 0.15) is 77.2 Å². The summed E-state index contributed by atoms with van der Waals surface area (Å²) >= 11 is 0. The van der Waals surface area contributed by atoms with Crippen molar-refractivity contribution >= 4 is 5.69 Å². The van der Waals surface area contributed by atoms with Crippen LogP contribution < -0.4 is 4.90 Å². The summed E-state index contributed by atoms with van der Waals surface area (Å²) in [7, 11) is 2.26. The SMILES string of the molecule is CCCCCCCC[N@@+]12[C@H](O)[C@@H](CC)[C@@H]3C[C@H]1[C@@H]1N(C)c4ccccc4[C@@]14C[C@H]2[C@H]3[C@@H]4O. The highest BCUT2D eigenvalue weighted by Crippen LogP contribution is 2.71. The molecular formula is C28H43N2O2+. The van der Waals surface area contributed by atoms with Gasteiger partial charge >= 0.3 is 0 Å². The summed E-state index contributed by atoms with van der Waals surface area (Å²) in [6.07, 6.45) is 10.6. The summed E-state index contributed by atoms with van der Waals surface area (Å²) in [4.78, 5) is 2.51. The van der Waals surface area contributed by atoms with E-state index < -0.39 is 0 Å². The van der Waals surface area contributed by atoms with E-state index in [-0.39, 0.29) is 17.7 Å². The maximum atomic E-state index is 12.1. The lowest BCUT2D eigenvalue weighted by Crippen LogP contribution is -2.83. The molecule has 10 atom stereocenters. The van der Waals surface area contributed by atoms with Gasteiger partial charge in [-0.15, -0.1) is 0 Å². The number of unbranched alkanes of at least 4 members (excludes halogenated alkanes) is 5. The number of hydrogen-bond donors (Lipinski definition) is 2. The number of hydrogen-bond acceptors (Lipinski definition) is 3. The van der Waals surface area contributed by atoms with E-state index in [2.05, 4.69) is 50.1 Å². The molecular weight excluding hydrogens is 396 g/mol. The molecule has 1 spiro atoms. The van der Waals surface area contributed by atoms with Crippen molar-refractivity contribution < 1.29 is 14.7 Å². The molecule has 176 valence electrons. The Hall–Kier alpha value is -1.10. The van der Waals surface area contributed by atoms with Crippen LogP contribution in [-0.2, 0) is 5.41 Å². The maximum Gasteiger partial charge on any atom is 0.194 e. The monoisotopic (exact) mass is 439 g/mol. The molecule has 4 saturated heterocycles. The zero-order chi connectivity index (χ0) is 22.3. The Morgan fingerprint density at radius 1 is 1.03 bits per heavy atom. The van der Waals surface area contributed by atoms with Gasteiger partial charge in [0.1, 0.15) is 6.04 Å². The smallest absolute Gasteiger partial charge is 0.194 e. The highest BCUT2D eigenvalue weighted by Gasteiger charge is 2.82. The van der Waals surface area contributed by atoms with Gasteiger partial charge < -0.3 is 15.1 Å². The fraction of sp³-hybridized carbons (Fsp3) is 0.786. The van der Waals surface area contributed by atoms with E-state index in [1.807, 2.05) is 0 Å². The number of para-hydroxylation sites is 1. The topological polar surface area (TPSA) is 43.7 Å². The van der Waals surface area contributed by atoms with Crippen molar-refractivity contribution in [2.75, 3.05) is 18.5 Å². The molecule has 1 aromatic carbocycles. The molecule has 1 aliphatic carbocycles. The molecule has 5 heterocycles. The Bertz CT molecular complexity index is 875. The average Bonchev–Trinajstić information content (AvgIpc) is 3.19. The predicted molar refractivity (Wildman–Crippen MR) is 128 cm³/mol. The number of piperidine rings is 4. The number of fused-ring (bicyclic) bond motifs is 2. The van der Waals surface area contributed by atoms with Crippen LogP contribution in [0.3, 0.4) is 0 Å². The Morgan fingerprint density at radius 2 is 1.78 bits per heavy atom. The number of aliphatic hydroxyl groups is 2. The minimum Gasteiger partial charge on any atom is -0.392 e. The summed E-state index contributed by atoms with van der Waals surface area (Å²) in [5, 5.41) is 24.1. The molecule has 5 bridgehead atoms. The number of benzene rings is 1. The van der Waals surface area contributed by atoms with Gasteiger partial charge in [0.15, 0.2) is 6.23 Å². The van der Waals surface area contributed by atoms with Crippen LogP contribution >= 0.6 is 0 Å². The molecule has 4 heteroatoms. The first-order valence-electron chi connectivity index (χ1n) is 13.6. The normalized spacial score (nSPS) is 47.2. The molecule has 32 heavy (non-hydrogen) atoms. The van der Waals surface area contributed by atoms with E-state index in [4.69, 9.17) is 0 Å². The summed E-state index contributed by atoms with van der Waals surface area (Å²) in [6.45, 7) is 5.64. The number of nitrogens with zero attached hydrogens (tertiary/aromatic N) is 2. The summed E-state index contributed by atoms with van der Waals surface area (Å²) in [6, 6.07) is 10.1. The summed E-state index contributed by atoms with van der Waals surface area (Å²) in [5.41, 5.74) is 2.58. The first kappa shape index (κ1) is 21.4. The predicted octanol–water partition coefficient (Wildman–Crippen LogP) is 4.43. The second-order valence-electron chi connectivity index (χ2n) is 11.8. The van der Waals surface area contributed by atoms with Gasteiger partial charge in [-0.25, -0.2) is 0 Å². The van der Waals surface area contributed by atoms with Crippen LogP contribution in [0.25, 0.3) is 0 Å². The lowest BCUT2D eigenvalue weighted by Gasteiger charge is -2.68. The number of aliphatic hydroxyl groups excluding tert-OH is 2. The third-order valence-corrected chi connectivity index (χ3v) is 11.0. The van der Waals surface area contributed by atoms with Crippen molar-refractivity contribution in [1.82, 2.24) is 0 Å². The first-order chi connectivity index (χ1) is 15.5. The fourth-order valence-corrected chi connectivity index (χ4v) is 10.0. The largest absolute Gasteiger partial charge is 0.392 e. The molecule has 4 nitrogen and oxygen atoms in total. The minimum absolute atomic E-state index is 0.134. The van der Waals surface area contributed by atoms with Crippen molar-refractivity contribution in [2.24, 2.45) is 17.8 Å². The quantitative estimate of drug-likeness (QED) is 0.465. The standard InChI is InChI=1S/C28H43N2O2/c1-4-6-7-8-9-12-15-30-22-16-19(18(5-2)27(30)32)24-23(30)17-28(26(24)31)20-13-10-11-14-21(20)29(3)25(22)28/h10-11,13-14,18-19,22-27,31-32H,4-9,12,15-17H2,1-3H3/q+1/t18-,19-,22-,23-,24-,25-,26-,27+,28-,30+/m0/s1. The van der Waals surface area contributed by atoms with Gasteiger partial charge in [-0.1, -0.05) is 57.7 Å². The van der Waals surface area contributed by atoms with Gasteiger partial charge in [-0.05, 0) is 36.8 Å².